The first-order valence-corrected chi connectivity index (χ1v) is 40.6. The average Bonchev–Trinajstić information content (AvgIpc) is 4.09. The molecule has 62 heavy (non-hydrogen) atoms. The van der Waals surface area contributed by atoms with Crippen molar-refractivity contribution in [2.24, 2.45) is 10.8 Å². The van der Waals surface area contributed by atoms with Crippen LogP contribution in [-0.2, 0) is 15.6 Å². The van der Waals surface area contributed by atoms with Crippen LogP contribution in [-0.4, -0.2) is 5.92 Å². The van der Waals surface area contributed by atoms with Crippen LogP contribution in [0, 0.1) is 10.8 Å². The normalized spacial score (nSPS) is 20.9. The molecule has 0 spiro atoms. The first-order valence-electron chi connectivity index (χ1n) is 24.3. The third kappa shape index (κ3) is 7.07. The Morgan fingerprint density at radius 3 is 1.27 bits per heavy atom. The summed E-state index contributed by atoms with van der Waals surface area (Å²) in [7, 11) is 18.7. The molecule has 0 nitrogen and oxygen atoms in total. The molecule has 0 heterocycles. The first kappa shape index (κ1) is 42.9. The summed E-state index contributed by atoms with van der Waals surface area (Å²) in [5.74, 6) is -1.79. The maximum atomic E-state index is 9.34. The Kier molecular flexibility index (Phi) is 11.6. The van der Waals surface area contributed by atoms with Crippen molar-refractivity contribution in [1.29, 1.82) is 0 Å². The predicted molar refractivity (Wildman–Crippen MR) is 272 cm³/mol. The van der Waals surface area contributed by atoms with E-state index in [-0.39, 0.29) is 7.25 Å². The zero-order valence-corrected chi connectivity index (χ0v) is 42.7. The molecule has 0 aromatic heterocycles. The van der Waals surface area contributed by atoms with Crippen molar-refractivity contribution in [3.8, 4) is 22.3 Å². The van der Waals surface area contributed by atoms with Crippen molar-refractivity contribution in [3.05, 3.63) is 155 Å². The molecule has 2 unspecified atom stereocenters. The molecule has 4 heteroatoms. The van der Waals surface area contributed by atoms with Crippen LogP contribution in [0.5, 0.6) is 0 Å². The van der Waals surface area contributed by atoms with Crippen LogP contribution < -0.4 is 0 Å². The van der Waals surface area contributed by atoms with E-state index in [4.69, 9.17) is 0 Å². The van der Waals surface area contributed by atoms with Gasteiger partial charge in [-0.3, -0.25) is 0 Å². The summed E-state index contributed by atoms with van der Waals surface area (Å²) < 4.78 is 0.161. The summed E-state index contributed by atoms with van der Waals surface area (Å²) in [6, 6.07) is 45.9. The summed E-state index contributed by atoms with van der Waals surface area (Å²) in [6.07, 6.45) is 23.2. The van der Waals surface area contributed by atoms with E-state index in [0.717, 1.165) is 12.8 Å². The summed E-state index contributed by atoms with van der Waals surface area (Å²) in [4.78, 5) is 0. The molecule has 0 bridgehead atoms. The van der Waals surface area contributed by atoms with Gasteiger partial charge in [0.15, 0.2) is 0 Å². The molecule has 4 aliphatic carbocycles. The molecule has 0 aliphatic heterocycles. The van der Waals surface area contributed by atoms with E-state index in [2.05, 4.69) is 160 Å². The van der Waals surface area contributed by atoms with E-state index in [0.29, 0.717) is 10.8 Å². The van der Waals surface area contributed by atoms with Gasteiger partial charge >= 0.3 is 384 Å². The van der Waals surface area contributed by atoms with Gasteiger partial charge in [-0.1, -0.05) is 0 Å². The number of hydrogen-bond donors (Lipinski definition) is 0. The number of benzene rings is 6. The van der Waals surface area contributed by atoms with Crippen molar-refractivity contribution in [2.45, 2.75) is 124 Å². The topological polar surface area (TPSA) is 0 Å². The Balaban J connectivity index is 1.22. The van der Waals surface area contributed by atoms with Gasteiger partial charge in [0.05, 0.1) is 0 Å². The molecule has 0 radical (unpaired) electrons. The monoisotopic (exact) mass is 949 g/mol. The fourth-order valence-corrected chi connectivity index (χ4v) is 45.3. The molecule has 4 aliphatic rings. The van der Waals surface area contributed by atoms with E-state index in [1.807, 2.05) is 0 Å². The number of fused-ring (bicyclic) bond motifs is 4. The average molecular weight is 952 g/mol. The molecule has 6 aromatic carbocycles. The van der Waals surface area contributed by atoms with Crippen LogP contribution >= 0.6 is 17.0 Å². The number of allylic oxidation sites excluding steroid dienone is 2. The Labute approximate surface area is 381 Å². The van der Waals surface area contributed by atoms with E-state index in [1.54, 1.807) is 11.1 Å². The molecule has 319 valence electrons. The third-order valence-corrected chi connectivity index (χ3v) is 68.6. The molecule has 2 saturated carbocycles. The maximum absolute atomic E-state index is 9.34. The molecule has 0 amide bonds. The zero-order chi connectivity index (χ0) is 42.7. The molecule has 10 rings (SSSR count). The van der Waals surface area contributed by atoms with E-state index < -0.39 is 21.5 Å². The van der Waals surface area contributed by atoms with Crippen molar-refractivity contribution in [1.82, 2.24) is 0 Å². The van der Waals surface area contributed by atoms with Gasteiger partial charge in [0.1, 0.15) is 0 Å². The van der Waals surface area contributed by atoms with Gasteiger partial charge in [-0.15, -0.1) is 0 Å². The van der Waals surface area contributed by atoms with E-state index in [1.165, 1.54) is 143 Å². The van der Waals surface area contributed by atoms with Crippen molar-refractivity contribution in [2.75, 3.05) is 0 Å². The summed E-state index contributed by atoms with van der Waals surface area (Å²) >= 11 is -5.18. The van der Waals surface area contributed by atoms with E-state index >= 15 is 0 Å². The molecular formula is C58H65Cl2SiZr. The van der Waals surface area contributed by atoms with Crippen molar-refractivity contribution in [3.63, 3.8) is 0 Å². The standard InChI is InChI=1S/2C28H29.C2H7Si.2ClH.Zr/c2*1-2-15-28(16-5-6-17-28)20-21-18-23-11-8-14-26(27(23)19-21)25-13-7-10-22-9-3-4-12-24(22)25;1-3-2;;;/h2*3-4,7-14,18-19H,2,5-6,15-17,20H2,1H3;3H,1-2H3;2*1H;/q;;;;;+2/p-2. The second-order valence-electron chi connectivity index (χ2n) is 20.6. The van der Waals surface area contributed by atoms with E-state index in [9.17, 15) is 17.0 Å². The Bertz CT molecular complexity index is 2530. The van der Waals surface area contributed by atoms with Gasteiger partial charge in [-0.2, -0.15) is 0 Å². The number of rotatable bonds is 13. The number of halogens is 2. The van der Waals surface area contributed by atoms with Gasteiger partial charge in [-0.05, 0) is 0 Å². The third-order valence-electron chi connectivity index (χ3n) is 16.7. The molecule has 0 saturated heterocycles. The fourth-order valence-electron chi connectivity index (χ4n) is 14.0. The zero-order valence-electron chi connectivity index (χ0n) is 37.6. The van der Waals surface area contributed by atoms with Crippen LogP contribution in [0.25, 0.3) is 56.0 Å². The predicted octanol–water partition coefficient (Wildman–Crippen LogP) is 18.4. The molecule has 0 N–H and O–H groups in total. The fraction of sp³-hybridized carbons (Fsp3) is 0.379. The second kappa shape index (κ2) is 16.8. The number of hydrogen-bond acceptors (Lipinski definition) is 0. The van der Waals surface area contributed by atoms with Gasteiger partial charge in [0.25, 0.3) is 0 Å². The Morgan fingerprint density at radius 2 is 0.871 bits per heavy atom. The van der Waals surface area contributed by atoms with Crippen LogP contribution in [0.3, 0.4) is 0 Å². The molecule has 6 aromatic rings. The van der Waals surface area contributed by atoms with Crippen LogP contribution in [0.15, 0.2) is 132 Å². The van der Waals surface area contributed by atoms with Crippen LogP contribution in [0.2, 0.25) is 13.1 Å². The van der Waals surface area contributed by atoms with Gasteiger partial charge < -0.3 is 0 Å². The summed E-state index contributed by atoms with van der Waals surface area (Å²) in [6.45, 7) is 9.93. The van der Waals surface area contributed by atoms with Crippen molar-refractivity contribution >= 4 is 56.6 Å². The summed E-state index contributed by atoms with van der Waals surface area (Å²) in [5, 5.41) is 5.20. The van der Waals surface area contributed by atoms with Crippen molar-refractivity contribution < 1.29 is 15.6 Å². The SMILES string of the molecule is CCCC1(CC2=Cc3c(-c4cccc5ccccc45)cccc3[CH]2[Zr]([Cl])([Cl])([CH]2C(CC3(CCC)CCCC3)=Cc3c(-c4cccc5ccccc45)cccc32)[SiH](C)C)CCCC1. The molecule has 2 atom stereocenters. The Morgan fingerprint density at radius 1 is 0.500 bits per heavy atom. The van der Waals surface area contributed by atoms with Crippen LogP contribution in [0.4, 0.5) is 0 Å². The molecular weight excluding hydrogens is 887 g/mol. The van der Waals surface area contributed by atoms with Gasteiger partial charge in [0.2, 0.25) is 0 Å². The minimum atomic E-state index is -5.18. The minimum absolute atomic E-state index is 0.0805. The van der Waals surface area contributed by atoms with Gasteiger partial charge in [0, 0.05) is 0 Å². The first-order chi connectivity index (χ1) is 30.1. The Hall–Kier alpha value is -3.00. The van der Waals surface area contributed by atoms with Crippen LogP contribution in [0.1, 0.15) is 133 Å². The quantitative estimate of drug-likeness (QED) is 0.101. The van der Waals surface area contributed by atoms with Gasteiger partial charge in [-0.25, -0.2) is 0 Å². The molecule has 2 fully saturated rings. The summed E-state index contributed by atoms with van der Waals surface area (Å²) in [5.41, 5.74) is 14.7. The second-order valence-corrected chi connectivity index (χ2v) is 63.1.